The first-order valence-electron chi connectivity index (χ1n) is 33.6. The Bertz CT molecular complexity index is 2930. The second kappa shape index (κ2) is 44.4. The molecule has 0 radical (unpaired) electrons. The van der Waals surface area contributed by atoms with Gasteiger partial charge < -0.3 is 112 Å². The van der Waals surface area contributed by atoms with Crippen LogP contribution in [0.1, 0.15) is 127 Å². The van der Waals surface area contributed by atoms with Crippen molar-refractivity contribution in [1.82, 2.24) is 21.3 Å². The zero-order valence-corrected chi connectivity index (χ0v) is 60.9. The van der Waals surface area contributed by atoms with Crippen LogP contribution >= 0.6 is 0 Å². The Morgan fingerprint density at radius 1 is 0.368 bits per heavy atom. The third-order valence-corrected chi connectivity index (χ3v) is 15.5. The Labute approximate surface area is 609 Å². The molecule has 16 atom stereocenters. The van der Waals surface area contributed by atoms with Crippen molar-refractivity contribution in [2.75, 3.05) is 59.3 Å². The van der Waals surface area contributed by atoms with Gasteiger partial charge in [0.15, 0.2) is 73.8 Å². The van der Waals surface area contributed by atoms with E-state index >= 15 is 0 Å². The summed E-state index contributed by atoms with van der Waals surface area (Å²) in [5.74, 6) is -13.2. The van der Waals surface area contributed by atoms with E-state index in [-0.39, 0.29) is 45.3 Å². The minimum Gasteiger partial charge on any atom is -0.463 e. The van der Waals surface area contributed by atoms with Crippen LogP contribution in [-0.2, 0) is 168 Å². The number of nitrogens with one attached hydrogen (secondary N) is 4. The fraction of sp³-hybridized carbons (Fsp3) is 0.672. The fourth-order valence-corrected chi connectivity index (χ4v) is 11.3. The van der Waals surface area contributed by atoms with Crippen molar-refractivity contribution in [2.24, 2.45) is 5.73 Å². The van der Waals surface area contributed by atoms with Gasteiger partial charge in [-0.25, -0.2) is 0 Å². The van der Waals surface area contributed by atoms with E-state index in [0.717, 1.165) is 83.1 Å². The van der Waals surface area contributed by atoms with E-state index < -0.39 is 258 Å². The summed E-state index contributed by atoms with van der Waals surface area (Å²) in [6.45, 7) is 8.63. The maximum absolute atomic E-state index is 14.5. The van der Waals surface area contributed by atoms with Crippen molar-refractivity contribution in [3.63, 3.8) is 0 Å². The molecule has 39 nitrogen and oxygen atoms in total. The molecule has 6 N–H and O–H groups in total. The summed E-state index contributed by atoms with van der Waals surface area (Å²) in [6.07, 6.45) is -25.3. The highest BCUT2D eigenvalue weighted by molar-refractivity contribution is 5.84. The van der Waals surface area contributed by atoms with Gasteiger partial charge in [-0.2, -0.15) is 0 Å². The highest BCUT2D eigenvalue weighted by atomic mass is 16.8. The Kier molecular flexibility index (Phi) is 37.2. The zero-order valence-electron chi connectivity index (χ0n) is 60.9. The number of hydrogen-bond acceptors (Lipinski definition) is 35. The van der Waals surface area contributed by atoms with Crippen molar-refractivity contribution >= 4 is 95.3 Å². The molecule has 1 aromatic carbocycles. The average molecular weight is 1510 g/mol. The van der Waals surface area contributed by atoms with Crippen LogP contribution < -0.4 is 27.0 Å². The van der Waals surface area contributed by atoms with Gasteiger partial charge in [0.05, 0.1) is 25.9 Å². The summed E-state index contributed by atoms with van der Waals surface area (Å²) in [7, 11) is 0. The number of rotatable bonds is 40. The number of carbonyl (C=O) groups is 16. The van der Waals surface area contributed by atoms with Crippen LogP contribution in [0.25, 0.3) is 0 Å². The van der Waals surface area contributed by atoms with Crippen molar-refractivity contribution in [3.05, 3.63) is 35.9 Å². The standard InChI is InChI=1S/C67H95N5O34/c1-34(73)92-31-48-54(95-37(4)76)57(98-40(7)79)60(101-43(10)82)64(104-48)89-27-24-69-51(85)18-21-67(72-63(88)47(68)30-46-16-14-13-15-17-46,22-19-52(86)70-25-28-90-65-61(102-44(11)83)58(99-41(8)80)55(96-38(5)77)49(105-65)32-93-35(2)74)23-20-53(87)71-26-29-91-66-62(103-45(12)84)59(100-42(9)81)56(97-39(6)78)50(106-66)33-94-36(3)75/h13-17,47-50,54-62,64-66H,18-33,68H2,1-12H3,(H,69,85)(H,70,86)(H,71,87)(H,72,88)/t47-,48+,49+,50+,54+,55+,56+,57-,58-,59-,60+,61+,62+,64+,65+,66+/m0/s1. The SMILES string of the molecule is CC(=O)OC[C@H]1O[C@@H](OCCNC(=O)CCC(CCC(=O)NCCO[C@@H]2O[C@H](COC(C)=O)[C@@H](OC(C)=O)[C@H](OC(C)=O)[C@H]2OC(C)=O)(CCC(=O)NCCO[C@@H]2O[C@H](COC(C)=O)[C@@H](OC(C)=O)[C@H](OC(C)=O)[C@H]2OC(C)=O)NC(=O)[C@@H](N)Cc2ccccc2)[C@H](OC(C)=O)[C@@H](OC(C)=O)[C@@H]1OC(C)=O. The number of hydrogen-bond donors (Lipinski definition) is 5. The van der Waals surface area contributed by atoms with E-state index in [1.165, 1.54) is 0 Å². The molecule has 3 heterocycles. The minimum atomic E-state index is -1.68. The molecule has 106 heavy (non-hydrogen) atoms. The maximum atomic E-state index is 14.5. The number of amides is 4. The molecule has 3 saturated heterocycles. The number of benzene rings is 1. The maximum Gasteiger partial charge on any atom is 0.303 e. The van der Waals surface area contributed by atoms with Crippen LogP contribution in [0, 0.1) is 0 Å². The predicted molar refractivity (Wildman–Crippen MR) is 349 cm³/mol. The van der Waals surface area contributed by atoms with Gasteiger partial charge in [0.2, 0.25) is 23.6 Å². The van der Waals surface area contributed by atoms with Crippen LogP contribution in [0.4, 0.5) is 0 Å². The van der Waals surface area contributed by atoms with Crippen molar-refractivity contribution in [2.45, 2.75) is 232 Å². The normalized spacial score (nSPS) is 24.2. The summed E-state index contributed by atoms with van der Waals surface area (Å²) >= 11 is 0. The highest BCUT2D eigenvalue weighted by Gasteiger charge is 2.56. The van der Waals surface area contributed by atoms with Crippen LogP contribution in [0.2, 0.25) is 0 Å². The van der Waals surface area contributed by atoms with Crippen LogP contribution in [0.5, 0.6) is 0 Å². The van der Waals surface area contributed by atoms with E-state index in [1.807, 2.05) is 0 Å². The molecular weight excluding hydrogens is 1420 g/mol. The molecule has 0 unspecified atom stereocenters. The van der Waals surface area contributed by atoms with Gasteiger partial charge in [0, 0.05) is 128 Å². The van der Waals surface area contributed by atoms with Gasteiger partial charge in [-0.15, -0.1) is 0 Å². The van der Waals surface area contributed by atoms with Gasteiger partial charge in [-0.05, 0) is 31.2 Å². The van der Waals surface area contributed by atoms with E-state index in [1.54, 1.807) is 30.3 Å². The number of esters is 12. The van der Waals surface area contributed by atoms with Crippen molar-refractivity contribution in [3.8, 4) is 0 Å². The summed E-state index contributed by atoms with van der Waals surface area (Å²) in [6, 6.07) is 7.36. The van der Waals surface area contributed by atoms with Crippen molar-refractivity contribution < 1.29 is 162 Å². The van der Waals surface area contributed by atoms with E-state index in [2.05, 4.69) is 21.3 Å². The average Bonchev–Trinajstić information content (AvgIpc) is 0.800. The van der Waals surface area contributed by atoms with Crippen LogP contribution in [0.3, 0.4) is 0 Å². The summed E-state index contributed by atoms with van der Waals surface area (Å²) in [5, 5.41) is 10.9. The molecular formula is C67H95N5O34. The lowest BCUT2D eigenvalue weighted by molar-refractivity contribution is -0.307. The van der Waals surface area contributed by atoms with Gasteiger partial charge >= 0.3 is 71.6 Å². The third-order valence-electron chi connectivity index (χ3n) is 15.5. The molecule has 39 heteroatoms. The lowest BCUT2D eigenvalue weighted by Crippen LogP contribution is -2.63. The Hall–Kier alpha value is -9.54. The molecule has 4 amide bonds. The molecule has 592 valence electrons. The molecule has 3 aliphatic heterocycles. The lowest BCUT2D eigenvalue weighted by Gasteiger charge is -2.44. The first-order valence-corrected chi connectivity index (χ1v) is 33.6. The second-order valence-corrected chi connectivity index (χ2v) is 24.4. The predicted octanol–water partition coefficient (Wildman–Crippen LogP) is -1.60. The first kappa shape index (κ1) is 88.9. The molecule has 0 saturated carbocycles. The molecule has 4 rings (SSSR count). The molecule has 0 bridgehead atoms. The Morgan fingerprint density at radius 3 is 0.877 bits per heavy atom. The smallest absolute Gasteiger partial charge is 0.303 e. The molecule has 0 aliphatic carbocycles. The zero-order chi connectivity index (χ0) is 79.0. The van der Waals surface area contributed by atoms with E-state index in [0.29, 0.717) is 5.56 Å². The van der Waals surface area contributed by atoms with Crippen molar-refractivity contribution in [1.29, 1.82) is 0 Å². The molecule has 3 aliphatic rings. The largest absolute Gasteiger partial charge is 0.463 e. The third kappa shape index (κ3) is 31.6. The summed E-state index contributed by atoms with van der Waals surface area (Å²) in [5.41, 5.74) is 5.52. The monoisotopic (exact) mass is 1510 g/mol. The molecule has 3 fully saturated rings. The van der Waals surface area contributed by atoms with E-state index in [4.69, 9.17) is 91.0 Å². The summed E-state index contributed by atoms with van der Waals surface area (Å²) in [4.78, 5) is 204. The molecule has 0 spiro atoms. The number of carbonyl (C=O) groups excluding carboxylic acids is 16. The Balaban J connectivity index is 1.67. The lowest BCUT2D eigenvalue weighted by atomic mass is 9.82. The summed E-state index contributed by atoms with van der Waals surface area (Å²) < 4.78 is 100. The fourth-order valence-electron chi connectivity index (χ4n) is 11.3. The van der Waals surface area contributed by atoms with Gasteiger partial charge in [-0.3, -0.25) is 76.7 Å². The van der Waals surface area contributed by atoms with Crippen LogP contribution in [-0.4, -0.2) is 258 Å². The van der Waals surface area contributed by atoms with Gasteiger partial charge in [0.1, 0.15) is 38.1 Å². The molecule has 0 aromatic heterocycles. The number of ether oxygens (including phenoxy) is 18. The Morgan fingerprint density at radius 2 is 0.623 bits per heavy atom. The van der Waals surface area contributed by atoms with Gasteiger partial charge in [-0.1, -0.05) is 30.3 Å². The van der Waals surface area contributed by atoms with Crippen LogP contribution in [0.15, 0.2) is 30.3 Å². The first-order chi connectivity index (χ1) is 50.0. The quantitative estimate of drug-likeness (QED) is 0.0281. The topological polar surface area (TPSA) is 513 Å². The highest BCUT2D eigenvalue weighted by Crippen LogP contribution is 2.34. The van der Waals surface area contributed by atoms with E-state index in [9.17, 15) is 76.7 Å². The minimum absolute atomic E-state index is 0.0110. The second-order valence-electron chi connectivity index (χ2n) is 24.4. The number of nitrogens with two attached hydrogens (primary N) is 1. The van der Waals surface area contributed by atoms with Gasteiger partial charge in [0.25, 0.3) is 0 Å². The molecule has 1 aromatic rings.